The van der Waals surface area contributed by atoms with E-state index in [1.165, 1.54) is 20.9 Å². The molecule has 0 spiro atoms. The van der Waals surface area contributed by atoms with Crippen molar-refractivity contribution in [2.24, 2.45) is 4.99 Å². The van der Waals surface area contributed by atoms with E-state index in [4.69, 9.17) is 0 Å². The Morgan fingerprint density at radius 2 is 1.89 bits per heavy atom. The van der Waals surface area contributed by atoms with E-state index in [2.05, 4.69) is 46.4 Å². The monoisotopic (exact) mass is 373 g/mol. The zero-order valence-corrected chi connectivity index (χ0v) is 17.0. The van der Waals surface area contributed by atoms with E-state index in [1.54, 1.807) is 28.2 Å². The average Bonchev–Trinajstić information content (AvgIpc) is 3.11. The molecule has 1 fully saturated rings. The van der Waals surface area contributed by atoms with Crippen LogP contribution < -0.4 is 5.32 Å². The number of aliphatic imine (C=N–C) groups is 1. The van der Waals surface area contributed by atoms with Gasteiger partial charge in [0.05, 0.1) is 6.54 Å². The molecule has 2 rings (SSSR count). The molecular weight excluding hydrogens is 342 g/mol. The van der Waals surface area contributed by atoms with Gasteiger partial charge in [0.1, 0.15) is 6.54 Å². The topological polar surface area (TPSA) is 68.2 Å². The van der Waals surface area contributed by atoms with Crippen molar-refractivity contribution in [2.75, 3.05) is 54.4 Å². The van der Waals surface area contributed by atoms with Crippen molar-refractivity contribution in [3.8, 4) is 0 Å². The van der Waals surface area contributed by atoms with E-state index in [-0.39, 0.29) is 24.9 Å². The van der Waals surface area contributed by atoms with Gasteiger partial charge in [-0.1, -0.05) is 29.8 Å². The van der Waals surface area contributed by atoms with Gasteiger partial charge in [0, 0.05) is 47.2 Å². The summed E-state index contributed by atoms with van der Waals surface area (Å²) in [6, 6.07) is 8.58. The summed E-state index contributed by atoms with van der Waals surface area (Å²) >= 11 is 0. The second kappa shape index (κ2) is 9.39. The zero-order chi connectivity index (χ0) is 20.0. The van der Waals surface area contributed by atoms with Crippen LogP contribution in [0.3, 0.4) is 0 Å². The lowest BCUT2D eigenvalue weighted by Crippen LogP contribution is -2.45. The molecule has 27 heavy (non-hydrogen) atoms. The summed E-state index contributed by atoms with van der Waals surface area (Å²) < 4.78 is 0. The molecule has 1 heterocycles. The first kappa shape index (κ1) is 20.7. The zero-order valence-electron chi connectivity index (χ0n) is 17.0. The van der Waals surface area contributed by atoms with E-state index < -0.39 is 0 Å². The third kappa shape index (κ3) is 5.98. The summed E-state index contributed by atoms with van der Waals surface area (Å²) in [5, 5.41) is 3.13. The van der Waals surface area contributed by atoms with Crippen LogP contribution in [0.15, 0.2) is 29.3 Å². The minimum atomic E-state index is -0.0670. The standard InChI is InChI=1S/C20H31N5O2/c1-15-7-6-8-16(11-15)17-9-10-25(14-17)20(21-12-18(26)23(2)3)22-13-19(27)24(4)5/h6-8,11,17H,9-10,12-14H2,1-5H3,(H,21,22). The van der Waals surface area contributed by atoms with Crippen LogP contribution in [-0.4, -0.2) is 86.8 Å². The van der Waals surface area contributed by atoms with Crippen LogP contribution in [0.5, 0.6) is 0 Å². The molecule has 1 unspecified atom stereocenters. The fourth-order valence-electron chi connectivity index (χ4n) is 3.01. The molecule has 1 N–H and O–H groups in total. The molecule has 0 aliphatic carbocycles. The molecular formula is C20H31N5O2. The van der Waals surface area contributed by atoms with E-state index in [1.807, 2.05) is 0 Å². The number of benzene rings is 1. The molecule has 148 valence electrons. The molecule has 0 bridgehead atoms. The first-order valence-corrected chi connectivity index (χ1v) is 9.28. The Bertz CT molecular complexity index is 699. The lowest BCUT2D eigenvalue weighted by molar-refractivity contribution is -0.127. The highest BCUT2D eigenvalue weighted by molar-refractivity contribution is 5.88. The maximum absolute atomic E-state index is 11.9. The predicted octanol–water partition coefficient (Wildman–Crippen LogP) is 0.906. The molecule has 0 saturated carbocycles. The molecule has 7 heteroatoms. The van der Waals surface area contributed by atoms with E-state index in [0.717, 1.165) is 19.5 Å². The summed E-state index contributed by atoms with van der Waals surface area (Å²) in [6.45, 7) is 3.99. The normalized spacial score (nSPS) is 17.0. The number of aryl methyl sites for hydroxylation is 1. The number of nitrogens with one attached hydrogen (secondary N) is 1. The van der Waals surface area contributed by atoms with Gasteiger partial charge in [-0.3, -0.25) is 9.59 Å². The summed E-state index contributed by atoms with van der Waals surface area (Å²) in [7, 11) is 6.87. The number of carbonyl (C=O) groups excluding carboxylic acids is 2. The van der Waals surface area contributed by atoms with Crippen molar-refractivity contribution in [1.29, 1.82) is 0 Å². The SMILES string of the molecule is Cc1cccc(C2CCN(C(=NCC(=O)N(C)C)NCC(=O)N(C)C)C2)c1. The Hall–Kier alpha value is -2.57. The number of guanidine groups is 1. The van der Waals surface area contributed by atoms with Gasteiger partial charge in [0.25, 0.3) is 0 Å². The molecule has 1 aromatic rings. The van der Waals surface area contributed by atoms with Crippen LogP contribution in [-0.2, 0) is 9.59 Å². The summed E-state index contributed by atoms with van der Waals surface area (Å²) in [4.78, 5) is 33.5. The summed E-state index contributed by atoms with van der Waals surface area (Å²) in [6.07, 6.45) is 1.02. The average molecular weight is 374 g/mol. The van der Waals surface area contributed by atoms with Crippen molar-refractivity contribution in [1.82, 2.24) is 20.0 Å². The lowest BCUT2D eigenvalue weighted by Gasteiger charge is -2.23. The van der Waals surface area contributed by atoms with Gasteiger partial charge in [-0.05, 0) is 18.9 Å². The van der Waals surface area contributed by atoms with E-state index in [0.29, 0.717) is 11.9 Å². The molecule has 1 saturated heterocycles. The fourth-order valence-corrected chi connectivity index (χ4v) is 3.01. The number of carbonyl (C=O) groups is 2. The highest BCUT2D eigenvalue weighted by Crippen LogP contribution is 2.27. The minimum Gasteiger partial charge on any atom is -0.347 e. The van der Waals surface area contributed by atoms with Crippen LogP contribution >= 0.6 is 0 Å². The van der Waals surface area contributed by atoms with E-state index in [9.17, 15) is 9.59 Å². The minimum absolute atomic E-state index is 0.0314. The number of likely N-dealkylation sites (N-methyl/N-ethyl adjacent to an activating group) is 2. The third-order valence-electron chi connectivity index (χ3n) is 4.76. The molecule has 0 aromatic heterocycles. The van der Waals surface area contributed by atoms with Gasteiger partial charge < -0.3 is 20.0 Å². The number of likely N-dealkylation sites (tertiary alicyclic amines) is 1. The Morgan fingerprint density at radius 1 is 1.19 bits per heavy atom. The fraction of sp³-hybridized carbons (Fsp3) is 0.550. The van der Waals surface area contributed by atoms with Crippen LogP contribution in [0, 0.1) is 6.92 Å². The Morgan fingerprint density at radius 3 is 2.52 bits per heavy atom. The van der Waals surface area contributed by atoms with Crippen molar-refractivity contribution in [2.45, 2.75) is 19.3 Å². The number of nitrogens with zero attached hydrogens (tertiary/aromatic N) is 4. The first-order valence-electron chi connectivity index (χ1n) is 9.28. The second-order valence-electron chi connectivity index (χ2n) is 7.42. The summed E-state index contributed by atoms with van der Waals surface area (Å²) in [5.74, 6) is 0.945. The quantitative estimate of drug-likeness (QED) is 0.615. The number of hydrogen-bond acceptors (Lipinski definition) is 3. The molecule has 2 amide bonds. The first-order chi connectivity index (χ1) is 12.8. The number of amides is 2. The van der Waals surface area contributed by atoms with Crippen molar-refractivity contribution < 1.29 is 9.59 Å². The van der Waals surface area contributed by atoms with Gasteiger partial charge in [0.2, 0.25) is 11.8 Å². The Balaban J connectivity index is 2.09. The Kier molecular flexibility index (Phi) is 7.21. The highest BCUT2D eigenvalue weighted by Gasteiger charge is 2.26. The Labute approximate surface area is 162 Å². The second-order valence-corrected chi connectivity index (χ2v) is 7.42. The van der Waals surface area contributed by atoms with Crippen molar-refractivity contribution >= 4 is 17.8 Å². The molecule has 1 aliphatic rings. The molecule has 7 nitrogen and oxygen atoms in total. The van der Waals surface area contributed by atoms with Crippen molar-refractivity contribution in [3.05, 3.63) is 35.4 Å². The maximum atomic E-state index is 11.9. The van der Waals surface area contributed by atoms with Gasteiger partial charge in [-0.15, -0.1) is 0 Å². The van der Waals surface area contributed by atoms with Crippen LogP contribution in [0.1, 0.15) is 23.5 Å². The van der Waals surface area contributed by atoms with Crippen LogP contribution in [0.25, 0.3) is 0 Å². The van der Waals surface area contributed by atoms with Gasteiger partial charge in [-0.25, -0.2) is 4.99 Å². The smallest absolute Gasteiger partial charge is 0.243 e. The van der Waals surface area contributed by atoms with Crippen LogP contribution in [0.2, 0.25) is 0 Å². The van der Waals surface area contributed by atoms with E-state index >= 15 is 0 Å². The number of rotatable bonds is 5. The molecule has 1 aromatic carbocycles. The van der Waals surface area contributed by atoms with Gasteiger partial charge >= 0.3 is 0 Å². The summed E-state index contributed by atoms with van der Waals surface area (Å²) in [5.41, 5.74) is 2.58. The van der Waals surface area contributed by atoms with Gasteiger partial charge in [-0.2, -0.15) is 0 Å². The van der Waals surface area contributed by atoms with Crippen molar-refractivity contribution in [3.63, 3.8) is 0 Å². The number of hydrogen-bond donors (Lipinski definition) is 1. The largest absolute Gasteiger partial charge is 0.347 e. The van der Waals surface area contributed by atoms with Gasteiger partial charge in [0.15, 0.2) is 5.96 Å². The lowest BCUT2D eigenvalue weighted by atomic mass is 9.97. The molecule has 0 radical (unpaired) electrons. The third-order valence-corrected chi connectivity index (χ3v) is 4.76. The molecule has 1 atom stereocenters. The highest BCUT2D eigenvalue weighted by atomic mass is 16.2. The van der Waals surface area contributed by atoms with Crippen LogP contribution in [0.4, 0.5) is 0 Å². The maximum Gasteiger partial charge on any atom is 0.243 e. The predicted molar refractivity (Wildman–Crippen MR) is 108 cm³/mol. The molecule has 1 aliphatic heterocycles.